The fraction of sp³-hybridized carbons (Fsp3) is 1.00. The van der Waals surface area contributed by atoms with Crippen LogP contribution in [0.5, 0.6) is 0 Å². The summed E-state index contributed by atoms with van der Waals surface area (Å²) in [7, 11) is 0. The van der Waals surface area contributed by atoms with E-state index >= 15 is 0 Å². The second kappa shape index (κ2) is 6.13. The van der Waals surface area contributed by atoms with Crippen molar-refractivity contribution in [1.29, 1.82) is 0 Å². The van der Waals surface area contributed by atoms with Gasteiger partial charge in [0.25, 0.3) is 0 Å². The maximum atomic E-state index is 3.94. The summed E-state index contributed by atoms with van der Waals surface area (Å²) < 4.78 is 0. The molecule has 0 radical (unpaired) electrons. The fourth-order valence-corrected chi connectivity index (χ4v) is 4.35. The lowest BCUT2D eigenvalue weighted by Gasteiger charge is -2.55. The first kappa shape index (κ1) is 15.3. The first-order chi connectivity index (χ1) is 9.03. The van der Waals surface area contributed by atoms with E-state index in [0.717, 1.165) is 6.04 Å². The number of rotatable bonds is 4. The molecule has 112 valence electrons. The van der Waals surface area contributed by atoms with Crippen LogP contribution in [0.4, 0.5) is 0 Å². The van der Waals surface area contributed by atoms with Crippen LogP contribution in [0.15, 0.2) is 0 Å². The van der Waals surface area contributed by atoms with E-state index in [0.29, 0.717) is 11.1 Å². The predicted molar refractivity (Wildman–Crippen MR) is 83.6 cm³/mol. The molecule has 1 saturated heterocycles. The van der Waals surface area contributed by atoms with Gasteiger partial charge < -0.3 is 5.32 Å². The summed E-state index contributed by atoms with van der Waals surface area (Å²) in [6.07, 6.45) is 11.0. The van der Waals surface area contributed by atoms with Crippen molar-refractivity contribution in [1.82, 2.24) is 10.2 Å². The molecule has 1 N–H and O–H groups in total. The first-order valence-corrected chi connectivity index (χ1v) is 8.55. The highest BCUT2D eigenvalue weighted by molar-refractivity contribution is 5.03. The Bertz CT molecular complexity index is 279. The van der Waals surface area contributed by atoms with E-state index < -0.39 is 0 Å². The van der Waals surface area contributed by atoms with E-state index in [2.05, 4.69) is 37.9 Å². The van der Waals surface area contributed by atoms with E-state index in [1.807, 2.05) is 0 Å². The summed E-state index contributed by atoms with van der Waals surface area (Å²) in [5.41, 5.74) is 0.802. The molecule has 0 amide bonds. The number of hydrogen-bond donors (Lipinski definition) is 1. The molecule has 2 nitrogen and oxygen atoms in total. The maximum absolute atomic E-state index is 3.94. The number of hydrogen-bond acceptors (Lipinski definition) is 2. The Morgan fingerprint density at radius 2 is 1.84 bits per heavy atom. The van der Waals surface area contributed by atoms with Crippen LogP contribution in [0.25, 0.3) is 0 Å². The summed E-state index contributed by atoms with van der Waals surface area (Å²) in [5, 5.41) is 3.94. The van der Waals surface area contributed by atoms with Crippen molar-refractivity contribution in [3.63, 3.8) is 0 Å². The Labute approximate surface area is 120 Å². The molecule has 1 heterocycles. The average Bonchev–Trinajstić information content (AvgIpc) is 2.40. The molecule has 19 heavy (non-hydrogen) atoms. The Morgan fingerprint density at radius 3 is 2.42 bits per heavy atom. The van der Waals surface area contributed by atoms with Crippen molar-refractivity contribution in [2.75, 3.05) is 13.1 Å². The van der Waals surface area contributed by atoms with Gasteiger partial charge in [0.2, 0.25) is 0 Å². The molecule has 1 aliphatic carbocycles. The zero-order valence-corrected chi connectivity index (χ0v) is 13.6. The molecule has 0 aromatic rings. The van der Waals surface area contributed by atoms with Gasteiger partial charge in [-0.2, -0.15) is 0 Å². The minimum absolute atomic E-state index is 0.363. The highest BCUT2D eigenvalue weighted by atomic mass is 15.3. The van der Waals surface area contributed by atoms with Gasteiger partial charge in [-0.1, -0.05) is 39.5 Å². The van der Waals surface area contributed by atoms with Crippen molar-refractivity contribution in [2.45, 2.75) is 96.2 Å². The zero-order chi connectivity index (χ0) is 13.9. The third-order valence-electron chi connectivity index (χ3n) is 5.55. The van der Waals surface area contributed by atoms with Gasteiger partial charge in [-0.3, -0.25) is 4.90 Å². The maximum Gasteiger partial charge on any atom is 0.0309 e. The lowest BCUT2D eigenvalue weighted by atomic mass is 9.77. The zero-order valence-electron chi connectivity index (χ0n) is 13.6. The molecule has 2 heteroatoms. The minimum atomic E-state index is 0.363. The SMILES string of the molecule is CCCC(C)(C)N1CC2(CCCCC2)NCC1CC. The van der Waals surface area contributed by atoms with Gasteiger partial charge in [0.05, 0.1) is 0 Å². The van der Waals surface area contributed by atoms with Crippen LogP contribution in [-0.2, 0) is 0 Å². The Morgan fingerprint density at radius 1 is 1.16 bits per heavy atom. The van der Waals surface area contributed by atoms with Crippen molar-refractivity contribution < 1.29 is 0 Å². The van der Waals surface area contributed by atoms with Crippen molar-refractivity contribution in [3.05, 3.63) is 0 Å². The third-order valence-corrected chi connectivity index (χ3v) is 5.55. The molecular weight excluding hydrogens is 232 g/mol. The van der Waals surface area contributed by atoms with Crippen LogP contribution in [-0.4, -0.2) is 35.1 Å². The van der Waals surface area contributed by atoms with Gasteiger partial charge in [0.15, 0.2) is 0 Å². The van der Waals surface area contributed by atoms with Gasteiger partial charge in [0.1, 0.15) is 0 Å². The highest BCUT2D eigenvalue weighted by Crippen LogP contribution is 2.36. The number of piperazine rings is 1. The summed E-state index contributed by atoms with van der Waals surface area (Å²) in [4.78, 5) is 2.85. The summed E-state index contributed by atoms with van der Waals surface area (Å²) >= 11 is 0. The molecule has 2 aliphatic rings. The number of nitrogens with zero attached hydrogens (tertiary/aromatic N) is 1. The van der Waals surface area contributed by atoms with Crippen LogP contribution in [0, 0.1) is 0 Å². The van der Waals surface area contributed by atoms with E-state index in [9.17, 15) is 0 Å². The van der Waals surface area contributed by atoms with E-state index in [-0.39, 0.29) is 0 Å². The highest BCUT2D eigenvalue weighted by Gasteiger charge is 2.43. The van der Waals surface area contributed by atoms with Gasteiger partial charge in [0, 0.05) is 30.2 Å². The Hall–Kier alpha value is -0.0800. The Kier molecular flexibility index (Phi) is 4.94. The average molecular weight is 266 g/mol. The lowest BCUT2D eigenvalue weighted by Crippen LogP contribution is -2.68. The van der Waals surface area contributed by atoms with Crippen molar-refractivity contribution >= 4 is 0 Å². The molecule has 1 aliphatic heterocycles. The van der Waals surface area contributed by atoms with Gasteiger partial charge >= 0.3 is 0 Å². The van der Waals surface area contributed by atoms with Gasteiger partial charge in [-0.05, 0) is 39.5 Å². The normalized spacial score (nSPS) is 28.7. The number of nitrogens with one attached hydrogen (secondary N) is 1. The largest absolute Gasteiger partial charge is 0.308 e. The Balaban J connectivity index is 2.12. The van der Waals surface area contributed by atoms with Crippen LogP contribution in [0.3, 0.4) is 0 Å². The van der Waals surface area contributed by atoms with Crippen LogP contribution in [0.1, 0.15) is 79.1 Å². The van der Waals surface area contributed by atoms with Crippen LogP contribution >= 0.6 is 0 Å². The first-order valence-electron chi connectivity index (χ1n) is 8.55. The smallest absolute Gasteiger partial charge is 0.0309 e. The topological polar surface area (TPSA) is 15.3 Å². The monoisotopic (exact) mass is 266 g/mol. The molecule has 2 rings (SSSR count). The van der Waals surface area contributed by atoms with Gasteiger partial charge in [-0.25, -0.2) is 0 Å². The molecule has 1 spiro atoms. The third kappa shape index (κ3) is 3.33. The van der Waals surface area contributed by atoms with E-state index in [1.54, 1.807) is 0 Å². The molecule has 1 unspecified atom stereocenters. The molecule has 1 saturated carbocycles. The molecule has 0 aromatic carbocycles. The van der Waals surface area contributed by atoms with Crippen molar-refractivity contribution in [3.8, 4) is 0 Å². The molecular formula is C17H34N2. The predicted octanol–water partition coefficient (Wildman–Crippen LogP) is 3.95. The lowest BCUT2D eigenvalue weighted by molar-refractivity contribution is -0.0175. The van der Waals surface area contributed by atoms with Crippen LogP contribution in [0.2, 0.25) is 0 Å². The minimum Gasteiger partial charge on any atom is -0.308 e. The molecule has 1 atom stereocenters. The molecule has 2 fully saturated rings. The van der Waals surface area contributed by atoms with Crippen LogP contribution < -0.4 is 5.32 Å². The van der Waals surface area contributed by atoms with E-state index in [4.69, 9.17) is 0 Å². The van der Waals surface area contributed by atoms with Crippen molar-refractivity contribution in [2.24, 2.45) is 0 Å². The quantitative estimate of drug-likeness (QED) is 0.829. The standard InChI is InChI=1S/C17H34N2/c1-5-10-16(3,4)19-14-17(11-8-7-9-12-17)18-13-15(19)6-2/h15,18H,5-14H2,1-4H3. The fourth-order valence-electron chi connectivity index (χ4n) is 4.35. The second-order valence-electron chi connectivity index (χ2n) is 7.47. The van der Waals surface area contributed by atoms with E-state index in [1.165, 1.54) is 64.5 Å². The summed E-state index contributed by atoms with van der Waals surface area (Å²) in [6.45, 7) is 12.1. The van der Waals surface area contributed by atoms with Gasteiger partial charge in [-0.15, -0.1) is 0 Å². The molecule has 0 aromatic heterocycles. The summed E-state index contributed by atoms with van der Waals surface area (Å²) in [5.74, 6) is 0. The summed E-state index contributed by atoms with van der Waals surface area (Å²) in [6, 6.07) is 0.731. The molecule has 0 bridgehead atoms. The second-order valence-corrected chi connectivity index (χ2v) is 7.47.